The van der Waals surface area contributed by atoms with Gasteiger partial charge in [0.25, 0.3) is 0 Å². The largest absolute Gasteiger partial charge is 0.303 e. The molecule has 0 saturated carbocycles. The summed E-state index contributed by atoms with van der Waals surface area (Å²) in [6, 6.07) is 0.899. The molecular formula is C14H28N2. The second-order valence-corrected chi connectivity index (χ2v) is 5.82. The third kappa shape index (κ3) is 3.21. The summed E-state index contributed by atoms with van der Waals surface area (Å²) in [6.45, 7) is 11.4. The molecule has 1 atom stereocenters. The van der Waals surface area contributed by atoms with E-state index in [0.717, 1.165) is 12.0 Å². The fourth-order valence-corrected chi connectivity index (χ4v) is 3.38. The summed E-state index contributed by atoms with van der Waals surface area (Å²) in [5.74, 6) is 0.933. The van der Waals surface area contributed by atoms with Crippen molar-refractivity contribution in [3.05, 3.63) is 0 Å². The second kappa shape index (κ2) is 6.02. The molecule has 0 amide bonds. The molecule has 2 saturated heterocycles. The first kappa shape index (κ1) is 12.4. The van der Waals surface area contributed by atoms with Gasteiger partial charge in [-0.15, -0.1) is 0 Å². The predicted octanol–water partition coefficient (Wildman–Crippen LogP) is 2.59. The Balaban J connectivity index is 1.75. The van der Waals surface area contributed by atoms with Gasteiger partial charge >= 0.3 is 0 Å². The lowest BCUT2D eigenvalue weighted by Gasteiger charge is -2.41. The fourth-order valence-electron chi connectivity index (χ4n) is 3.38. The highest BCUT2D eigenvalue weighted by atomic mass is 15.2. The molecule has 0 aromatic rings. The summed E-state index contributed by atoms with van der Waals surface area (Å²) in [6.07, 6.45) is 7.01. The van der Waals surface area contributed by atoms with Crippen LogP contribution in [0.2, 0.25) is 0 Å². The lowest BCUT2D eigenvalue weighted by Crippen LogP contribution is -2.48. The molecule has 0 radical (unpaired) electrons. The average molecular weight is 224 g/mol. The van der Waals surface area contributed by atoms with Crippen molar-refractivity contribution in [3.63, 3.8) is 0 Å². The molecule has 0 bridgehead atoms. The van der Waals surface area contributed by atoms with Gasteiger partial charge < -0.3 is 9.80 Å². The highest BCUT2D eigenvalue weighted by Gasteiger charge is 2.26. The van der Waals surface area contributed by atoms with Gasteiger partial charge in [0.15, 0.2) is 0 Å². The van der Waals surface area contributed by atoms with Gasteiger partial charge in [-0.05, 0) is 64.2 Å². The van der Waals surface area contributed by atoms with E-state index >= 15 is 0 Å². The van der Waals surface area contributed by atoms with E-state index in [-0.39, 0.29) is 0 Å². The van der Waals surface area contributed by atoms with Crippen LogP contribution in [0.3, 0.4) is 0 Å². The van der Waals surface area contributed by atoms with Crippen molar-refractivity contribution in [2.45, 2.75) is 52.0 Å². The van der Waals surface area contributed by atoms with Gasteiger partial charge in [0, 0.05) is 12.6 Å². The summed E-state index contributed by atoms with van der Waals surface area (Å²) in [5, 5.41) is 0. The van der Waals surface area contributed by atoms with Crippen LogP contribution in [0.1, 0.15) is 46.0 Å². The smallest absolute Gasteiger partial charge is 0.0120 e. The van der Waals surface area contributed by atoms with Crippen LogP contribution >= 0.6 is 0 Å². The van der Waals surface area contributed by atoms with Crippen LogP contribution in [-0.2, 0) is 0 Å². The minimum atomic E-state index is 0.899. The summed E-state index contributed by atoms with van der Waals surface area (Å²) in [4.78, 5) is 5.42. The first-order chi connectivity index (χ1) is 7.79. The van der Waals surface area contributed by atoms with E-state index in [2.05, 4.69) is 23.6 Å². The zero-order valence-electron chi connectivity index (χ0n) is 11.1. The van der Waals surface area contributed by atoms with Gasteiger partial charge in [0.1, 0.15) is 0 Å². The zero-order chi connectivity index (χ0) is 11.4. The Morgan fingerprint density at radius 1 is 1.06 bits per heavy atom. The molecule has 16 heavy (non-hydrogen) atoms. The monoisotopic (exact) mass is 224 g/mol. The molecule has 2 aliphatic heterocycles. The Morgan fingerprint density at radius 3 is 2.44 bits per heavy atom. The maximum absolute atomic E-state index is 2.78. The number of piperidine rings is 2. The van der Waals surface area contributed by atoms with Gasteiger partial charge in [0.2, 0.25) is 0 Å². The first-order valence-electron chi connectivity index (χ1n) is 7.26. The quantitative estimate of drug-likeness (QED) is 0.727. The van der Waals surface area contributed by atoms with Crippen LogP contribution < -0.4 is 0 Å². The van der Waals surface area contributed by atoms with Crippen LogP contribution in [0.25, 0.3) is 0 Å². The minimum Gasteiger partial charge on any atom is -0.303 e. The second-order valence-electron chi connectivity index (χ2n) is 5.82. The van der Waals surface area contributed by atoms with Crippen LogP contribution in [0.5, 0.6) is 0 Å². The third-order valence-corrected chi connectivity index (χ3v) is 4.30. The molecule has 0 unspecified atom stereocenters. The molecule has 0 N–H and O–H groups in total. The molecule has 0 spiro atoms. The molecule has 2 aliphatic rings. The molecule has 2 rings (SSSR count). The van der Waals surface area contributed by atoms with Gasteiger partial charge in [-0.1, -0.05) is 13.8 Å². The van der Waals surface area contributed by atoms with E-state index in [1.807, 2.05) is 0 Å². The predicted molar refractivity (Wildman–Crippen MR) is 69.7 cm³/mol. The van der Waals surface area contributed by atoms with Crippen LogP contribution in [0, 0.1) is 5.92 Å². The maximum atomic E-state index is 2.78. The van der Waals surface area contributed by atoms with Crippen LogP contribution in [0.4, 0.5) is 0 Å². The van der Waals surface area contributed by atoms with E-state index in [9.17, 15) is 0 Å². The molecular weight excluding hydrogens is 196 g/mol. The Hall–Kier alpha value is -0.0800. The van der Waals surface area contributed by atoms with E-state index in [1.165, 1.54) is 64.8 Å². The molecule has 2 heterocycles. The summed E-state index contributed by atoms with van der Waals surface area (Å²) in [7, 11) is 0. The Bertz CT molecular complexity index is 197. The number of rotatable bonds is 3. The van der Waals surface area contributed by atoms with Crippen molar-refractivity contribution in [1.29, 1.82) is 0 Å². The molecule has 2 nitrogen and oxygen atoms in total. The standard InChI is InChI=1S/C14H28N2/c1-3-8-15-10-6-14(7-11-15)16-9-4-5-13(2)12-16/h13-14H,3-12H2,1-2H3/t13-/m1/s1. The molecule has 2 heteroatoms. The Kier molecular flexibility index (Phi) is 4.66. The first-order valence-corrected chi connectivity index (χ1v) is 7.26. The van der Waals surface area contributed by atoms with Crippen molar-refractivity contribution in [3.8, 4) is 0 Å². The topological polar surface area (TPSA) is 6.48 Å². The van der Waals surface area contributed by atoms with Gasteiger partial charge in [0.05, 0.1) is 0 Å². The van der Waals surface area contributed by atoms with Crippen molar-refractivity contribution in [2.75, 3.05) is 32.7 Å². The summed E-state index contributed by atoms with van der Waals surface area (Å²) >= 11 is 0. The lowest BCUT2D eigenvalue weighted by atomic mass is 9.95. The van der Waals surface area contributed by atoms with Crippen molar-refractivity contribution < 1.29 is 0 Å². The summed E-state index contributed by atoms with van der Waals surface area (Å²) in [5.41, 5.74) is 0. The number of nitrogens with zero attached hydrogens (tertiary/aromatic N) is 2. The van der Waals surface area contributed by atoms with Crippen LogP contribution in [-0.4, -0.2) is 48.6 Å². The van der Waals surface area contributed by atoms with E-state index in [0.29, 0.717) is 0 Å². The normalized spacial score (nSPS) is 30.8. The van der Waals surface area contributed by atoms with Crippen molar-refractivity contribution in [1.82, 2.24) is 9.80 Å². The van der Waals surface area contributed by atoms with E-state index < -0.39 is 0 Å². The van der Waals surface area contributed by atoms with Crippen molar-refractivity contribution in [2.24, 2.45) is 5.92 Å². The van der Waals surface area contributed by atoms with Gasteiger partial charge in [-0.25, -0.2) is 0 Å². The molecule has 0 aliphatic carbocycles. The highest BCUT2D eigenvalue weighted by molar-refractivity contribution is 4.82. The fraction of sp³-hybridized carbons (Fsp3) is 1.00. The van der Waals surface area contributed by atoms with Crippen molar-refractivity contribution >= 4 is 0 Å². The zero-order valence-corrected chi connectivity index (χ0v) is 11.1. The molecule has 2 fully saturated rings. The van der Waals surface area contributed by atoms with E-state index in [4.69, 9.17) is 0 Å². The van der Waals surface area contributed by atoms with Crippen LogP contribution in [0.15, 0.2) is 0 Å². The Morgan fingerprint density at radius 2 is 1.81 bits per heavy atom. The minimum absolute atomic E-state index is 0.899. The maximum Gasteiger partial charge on any atom is 0.0120 e. The Labute approximate surface area is 101 Å². The SMILES string of the molecule is CCCN1CCC(N2CCC[C@@H](C)C2)CC1. The van der Waals surface area contributed by atoms with E-state index in [1.54, 1.807) is 0 Å². The molecule has 94 valence electrons. The third-order valence-electron chi connectivity index (χ3n) is 4.30. The average Bonchev–Trinajstić information content (AvgIpc) is 2.30. The number of hydrogen-bond donors (Lipinski definition) is 0. The highest BCUT2D eigenvalue weighted by Crippen LogP contribution is 2.23. The summed E-state index contributed by atoms with van der Waals surface area (Å²) < 4.78 is 0. The number of hydrogen-bond acceptors (Lipinski definition) is 2. The molecule has 0 aromatic heterocycles. The van der Waals surface area contributed by atoms with Gasteiger partial charge in [-0.3, -0.25) is 0 Å². The number of likely N-dealkylation sites (tertiary alicyclic amines) is 2. The van der Waals surface area contributed by atoms with Gasteiger partial charge in [-0.2, -0.15) is 0 Å². The lowest BCUT2D eigenvalue weighted by molar-refractivity contribution is 0.0753. The molecule has 0 aromatic carbocycles.